The third-order valence-corrected chi connectivity index (χ3v) is 4.78. The Labute approximate surface area is 183 Å². The number of nitrogens with zero attached hydrogens (tertiary/aromatic N) is 1. The van der Waals surface area contributed by atoms with Gasteiger partial charge in [-0.1, -0.05) is 18.2 Å². The molecular weight excluding hydrogens is 410 g/mol. The van der Waals surface area contributed by atoms with Gasteiger partial charge in [-0.2, -0.15) is 0 Å². The Bertz CT molecular complexity index is 1180. The average molecular weight is 429 g/mol. The summed E-state index contributed by atoms with van der Waals surface area (Å²) >= 11 is 0. The number of carbonyl (C=O) groups is 4. The van der Waals surface area contributed by atoms with Crippen molar-refractivity contribution < 1.29 is 23.6 Å². The van der Waals surface area contributed by atoms with Crippen molar-refractivity contribution in [3.05, 3.63) is 89.9 Å². The molecule has 0 fully saturated rings. The molecule has 8 heteroatoms. The van der Waals surface area contributed by atoms with E-state index in [4.69, 9.17) is 4.42 Å². The van der Waals surface area contributed by atoms with Gasteiger partial charge in [-0.15, -0.1) is 0 Å². The van der Waals surface area contributed by atoms with Crippen LogP contribution in [0.2, 0.25) is 0 Å². The van der Waals surface area contributed by atoms with Crippen molar-refractivity contribution in [1.29, 1.82) is 0 Å². The summed E-state index contributed by atoms with van der Waals surface area (Å²) in [5.41, 5.74) is 1.51. The Morgan fingerprint density at radius 1 is 0.938 bits per heavy atom. The quantitative estimate of drug-likeness (QED) is 0.443. The lowest BCUT2D eigenvalue weighted by Gasteiger charge is -2.15. The highest BCUT2D eigenvalue weighted by Gasteiger charge is 2.36. The smallest absolute Gasteiger partial charge is 0.266 e. The SMILES string of the molecule is O=C(/C=C/c1ccco1)NCCC(=O)Nc1cccc(N2C(=O)c3ccccc3C2=O)c1. The molecule has 2 heterocycles. The highest BCUT2D eigenvalue weighted by molar-refractivity contribution is 6.34. The molecule has 0 unspecified atom stereocenters. The first-order valence-electron chi connectivity index (χ1n) is 9.90. The summed E-state index contributed by atoms with van der Waals surface area (Å²) in [6, 6.07) is 16.6. The van der Waals surface area contributed by atoms with Crippen LogP contribution in [0.4, 0.5) is 11.4 Å². The molecule has 0 aliphatic carbocycles. The first-order valence-corrected chi connectivity index (χ1v) is 9.90. The Morgan fingerprint density at radius 3 is 2.38 bits per heavy atom. The number of fused-ring (bicyclic) bond motifs is 1. The first-order chi connectivity index (χ1) is 15.5. The molecule has 1 aromatic heterocycles. The molecule has 0 bridgehead atoms. The van der Waals surface area contributed by atoms with E-state index in [0.717, 1.165) is 4.90 Å². The van der Waals surface area contributed by atoms with Gasteiger partial charge < -0.3 is 15.1 Å². The highest BCUT2D eigenvalue weighted by Crippen LogP contribution is 2.29. The predicted octanol–water partition coefficient (Wildman–Crippen LogP) is 3.24. The number of benzene rings is 2. The predicted molar refractivity (Wildman–Crippen MR) is 118 cm³/mol. The molecule has 32 heavy (non-hydrogen) atoms. The van der Waals surface area contributed by atoms with Crippen molar-refractivity contribution in [2.45, 2.75) is 6.42 Å². The van der Waals surface area contributed by atoms with E-state index in [9.17, 15) is 19.2 Å². The molecule has 0 radical (unpaired) electrons. The van der Waals surface area contributed by atoms with Crippen molar-refractivity contribution in [1.82, 2.24) is 5.32 Å². The van der Waals surface area contributed by atoms with Crippen molar-refractivity contribution in [2.24, 2.45) is 0 Å². The molecular formula is C24H19N3O5. The Kier molecular flexibility index (Phi) is 5.94. The third-order valence-electron chi connectivity index (χ3n) is 4.78. The number of furan rings is 1. The van der Waals surface area contributed by atoms with E-state index in [1.807, 2.05) is 0 Å². The summed E-state index contributed by atoms with van der Waals surface area (Å²) in [6.07, 6.45) is 4.41. The molecule has 2 aromatic carbocycles. The van der Waals surface area contributed by atoms with Crippen LogP contribution in [0.3, 0.4) is 0 Å². The minimum Gasteiger partial charge on any atom is -0.465 e. The maximum absolute atomic E-state index is 12.6. The van der Waals surface area contributed by atoms with E-state index in [1.165, 1.54) is 18.4 Å². The summed E-state index contributed by atoms with van der Waals surface area (Å²) in [7, 11) is 0. The van der Waals surface area contributed by atoms with Crippen molar-refractivity contribution in [3.8, 4) is 0 Å². The maximum Gasteiger partial charge on any atom is 0.266 e. The molecule has 4 amide bonds. The average Bonchev–Trinajstić information content (AvgIpc) is 3.39. The summed E-state index contributed by atoms with van der Waals surface area (Å²) < 4.78 is 5.09. The van der Waals surface area contributed by atoms with Crippen molar-refractivity contribution in [3.63, 3.8) is 0 Å². The van der Waals surface area contributed by atoms with Gasteiger partial charge >= 0.3 is 0 Å². The molecule has 0 atom stereocenters. The third kappa shape index (κ3) is 4.49. The van der Waals surface area contributed by atoms with E-state index >= 15 is 0 Å². The zero-order valence-corrected chi connectivity index (χ0v) is 16.9. The summed E-state index contributed by atoms with van der Waals surface area (Å²) in [4.78, 5) is 50.4. The summed E-state index contributed by atoms with van der Waals surface area (Å²) in [6.45, 7) is 0.144. The van der Waals surface area contributed by atoms with Gasteiger partial charge in [0, 0.05) is 24.7 Å². The number of rotatable bonds is 7. The van der Waals surface area contributed by atoms with E-state index in [1.54, 1.807) is 60.7 Å². The zero-order chi connectivity index (χ0) is 22.5. The number of hydrogen-bond donors (Lipinski definition) is 2. The number of carbonyl (C=O) groups excluding carboxylic acids is 4. The lowest BCUT2D eigenvalue weighted by atomic mass is 10.1. The fourth-order valence-corrected chi connectivity index (χ4v) is 3.27. The van der Waals surface area contributed by atoms with Gasteiger partial charge in [0.1, 0.15) is 5.76 Å². The standard InChI is InChI=1S/C24H19N3O5/c28-21(11-10-18-7-4-14-32-18)25-13-12-22(29)26-16-5-3-6-17(15-16)27-23(30)19-8-1-2-9-20(19)24(27)31/h1-11,14-15H,12-13H2,(H,25,28)(H,26,29)/b11-10+. The Morgan fingerprint density at radius 2 is 1.69 bits per heavy atom. The van der Waals surface area contributed by atoms with Gasteiger partial charge in [0.05, 0.1) is 23.1 Å². The second-order valence-corrected chi connectivity index (χ2v) is 6.98. The van der Waals surface area contributed by atoms with Gasteiger partial charge in [-0.3, -0.25) is 19.2 Å². The molecule has 1 aliphatic rings. The van der Waals surface area contributed by atoms with Gasteiger partial charge in [-0.05, 0) is 48.5 Å². The molecule has 3 aromatic rings. The zero-order valence-electron chi connectivity index (χ0n) is 16.9. The molecule has 0 saturated heterocycles. The number of nitrogens with one attached hydrogen (secondary N) is 2. The molecule has 8 nitrogen and oxygen atoms in total. The second kappa shape index (κ2) is 9.13. The number of imide groups is 1. The van der Waals surface area contributed by atoms with Crippen LogP contribution in [-0.4, -0.2) is 30.2 Å². The molecule has 1 aliphatic heterocycles. The van der Waals surface area contributed by atoms with E-state index in [2.05, 4.69) is 10.6 Å². The van der Waals surface area contributed by atoms with Crippen LogP contribution in [0.1, 0.15) is 32.9 Å². The van der Waals surface area contributed by atoms with Crippen LogP contribution in [0.5, 0.6) is 0 Å². The van der Waals surface area contributed by atoms with E-state index in [0.29, 0.717) is 28.3 Å². The minimum atomic E-state index is -0.403. The molecule has 0 saturated carbocycles. The summed E-state index contributed by atoms with van der Waals surface area (Å²) in [5, 5.41) is 5.33. The van der Waals surface area contributed by atoms with Crippen LogP contribution in [0.25, 0.3) is 6.08 Å². The fraction of sp³-hybridized carbons (Fsp3) is 0.0833. The Hall–Kier alpha value is -4.46. The van der Waals surface area contributed by atoms with Gasteiger partial charge in [-0.25, -0.2) is 4.90 Å². The fourth-order valence-electron chi connectivity index (χ4n) is 3.27. The minimum absolute atomic E-state index is 0.0532. The van der Waals surface area contributed by atoms with Gasteiger partial charge in [0.25, 0.3) is 11.8 Å². The van der Waals surface area contributed by atoms with Crippen molar-refractivity contribution >= 4 is 41.1 Å². The lowest BCUT2D eigenvalue weighted by Crippen LogP contribution is -2.29. The molecule has 0 spiro atoms. The van der Waals surface area contributed by atoms with Crippen molar-refractivity contribution in [2.75, 3.05) is 16.8 Å². The first kappa shape index (κ1) is 20.8. The van der Waals surface area contributed by atoms with Crippen LogP contribution < -0.4 is 15.5 Å². The molecule has 2 N–H and O–H groups in total. The maximum atomic E-state index is 12.6. The molecule has 4 rings (SSSR count). The summed E-state index contributed by atoms with van der Waals surface area (Å²) in [5.74, 6) is -0.920. The van der Waals surface area contributed by atoms with Crippen LogP contribution in [0.15, 0.2) is 77.4 Å². The number of hydrogen-bond acceptors (Lipinski definition) is 5. The second-order valence-electron chi connectivity index (χ2n) is 6.98. The normalized spacial score (nSPS) is 12.8. The lowest BCUT2D eigenvalue weighted by molar-refractivity contribution is -0.117. The topological polar surface area (TPSA) is 109 Å². The van der Waals surface area contributed by atoms with E-state index < -0.39 is 11.8 Å². The van der Waals surface area contributed by atoms with Gasteiger partial charge in [0.2, 0.25) is 11.8 Å². The van der Waals surface area contributed by atoms with Crippen LogP contribution in [0, 0.1) is 0 Å². The largest absolute Gasteiger partial charge is 0.465 e. The van der Waals surface area contributed by atoms with Gasteiger partial charge in [0.15, 0.2) is 0 Å². The molecule has 160 valence electrons. The Balaban J connectivity index is 1.32. The highest BCUT2D eigenvalue weighted by atomic mass is 16.3. The number of amides is 4. The number of anilines is 2. The van der Waals surface area contributed by atoms with E-state index in [-0.39, 0.29) is 24.8 Å². The van der Waals surface area contributed by atoms with Crippen LogP contribution >= 0.6 is 0 Å². The monoisotopic (exact) mass is 429 g/mol. The van der Waals surface area contributed by atoms with Crippen LogP contribution in [-0.2, 0) is 9.59 Å².